The average molecular weight is 260 g/mol. The van der Waals surface area contributed by atoms with E-state index < -0.39 is 15.3 Å². The van der Waals surface area contributed by atoms with Crippen molar-refractivity contribution in [2.24, 2.45) is 0 Å². The third kappa shape index (κ3) is 1.31. The van der Waals surface area contributed by atoms with E-state index in [0.29, 0.717) is 22.9 Å². The van der Waals surface area contributed by atoms with Crippen LogP contribution in [-0.4, -0.2) is 19.2 Å². The molecule has 0 radical (unpaired) electrons. The maximum Gasteiger partial charge on any atom is 0.207 e. The lowest BCUT2D eigenvalue weighted by molar-refractivity contribution is 0.600. The molecule has 6 heteroatoms. The van der Waals surface area contributed by atoms with Gasteiger partial charge in [0.15, 0.2) is 9.84 Å². The normalized spacial score (nSPS) is 16.4. The Hall–Kier alpha value is -2.13. The SMILES string of the molecule is N#Cc1c[nH]c2ccc3c(c2c1=O)CCS3(=O)=O. The molecule has 1 N–H and O–H groups in total. The summed E-state index contributed by atoms with van der Waals surface area (Å²) >= 11 is 0. The largest absolute Gasteiger partial charge is 0.360 e. The van der Waals surface area contributed by atoms with Gasteiger partial charge in [-0.05, 0) is 24.1 Å². The van der Waals surface area contributed by atoms with Gasteiger partial charge in [0.25, 0.3) is 0 Å². The van der Waals surface area contributed by atoms with Gasteiger partial charge >= 0.3 is 0 Å². The molecule has 90 valence electrons. The monoisotopic (exact) mass is 260 g/mol. The van der Waals surface area contributed by atoms with Crippen molar-refractivity contribution < 1.29 is 8.42 Å². The van der Waals surface area contributed by atoms with Crippen LogP contribution in [0.15, 0.2) is 28.0 Å². The first-order valence-electron chi connectivity index (χ1n) is 5.35. The molecule has 0 saturated carbocycles. The molecule has 2 aromatic rings. The number of pyridine rings is 1. The number of aryl methyl sites for hydroxylation is 1. The number of nitriles is 1. The highest BCUT2D eigenvalue weighted by Crippen LogP contribution is 2.30. The van der Waals surface area contributed by atoms with Gasteiger partial charge in [-0.1, -0.05) is 0 Å². The molecule has 5 nitrogen and oxygen atoms in total. The number of sulfone groups is 1. The zero-order valence-corrected chi connectivity index (χ0v) is 10.0. The van der Waals surface area contributed by atoms with Gasteiger partial charge in [-0.15, -0.1) is 0 Å². The Bertz CT molecular complexity index is 873. The molecule has 0 bridgehead atoms. The highest BCUT2D eigenvalue weighted by molar-refractivity contribution is 7.91. The van der Waals surface area contributed by atoms with E-state index in [-0.39, 0.29) is 16.2 Å². The van der Waals surface area contributed by atoms with Crippen molar-refractivity contribution in [3.8, 4) is 6.07 Å². The van der Waals surface area contributed by atoms with E-state index in [4.69, 9.17) is 5.26 Å². The topological polar surface area (TPSA) is 90.8 Å². The van der Waals surface area contributed by atoms with Gasteiger partial charge < -0.3 is 4.98 Å². The smallest absolute Gasteiger partial charge is 0.207 e. The van der Waals surface area contributed by atoms with Crippen LogP contribution < -0.4 is 5.43 Å². The van der Waals surface area contributed by atoms with Gasteiger partial charge in [0, 0.05) is 11.7 Å². The fourth-order valence-electron chi connectivity index (χ4n) is 2.33. The van der Waals surface area contributed by atoms with Crippen LogP contribution in [0.4, 0.5) is 0 Å². The number of rotatable bonds is 0. The summed E-state index contributed by atoms with van der Waals surface area (Å²) < 4.78 is 23.6. The molecule has 2 heterocycles. The second-order valence-electron chi connectivity index (χ2n) is 4.18. The van der Waals surface area contributed by atoms with Gasteiger partial charge in [0.1, 0.15) is 11.6 Å². The molecule has 1 aliphatic heterocycles. The van der Waals surface area contributed by atoms with E-state index in [1.165, 1.54) is 12.3 Å². The van der Waals surface area contributed by atoms with Crippen LogP contribution in [0, 0.1) is 11.3 Å². The molecule has 1 aromatic heterocycles. The van der Waals surface area contributed by atoms with Crippen molar-refractivity contribution in [2.75, 3.05) is 5.75 Å². The molecule has 0 fully saturated rings. The lowest BCUT2D eigenvalue weighted by atomic mass is 10.0. The van der Waals surface area contributed by atoms with Crippen LogP contribution >= 0.6 is 0 Å². The molecule has 0 saturated heterocycles. The fourth-order valence-corrected chi connectivity index (χ4v) is 3.88. The Morgan fingerprint density at radius 1 is 1.33 bits per heavy atom. The zero-order valence-electron chi connectivity index (χ0n) is 9.23. The summed E-state index contributed by atoms with van der Waals surface area (Å²) in [6.07, 6.45) is 1.67. The molecular formula is C12H8N2O3S. The summed E-state index contributed by atoms with van der Waals surface area (Å²) in [6, 6.07) is 4.89. The van der Waals surface area contributed by atoms with Crippen molar-refractivity contribution in [1.82, 2.24) is 4.98 Å². The summed E-state index contributed by atoms with van der Waals surface area (Å²) in [5.41, 5.74) is 0.695. The van der Waals surface area contributed by atoms with Crippen LogP contribution in [0.2, 0.25) is 0 Å². The number of hydrogen-bond donors (Lipinski definition) is 1. The number of nitrogens with one attached hydrogen (secondary N) is 1. The van der Waals surface area contributed by atoms with Gasteiger partial charge in [0.05, 0.1) is 16.0 Å². The Morgan fingerprint density at radius 2 is 2.11 bits per heavy atom. The van der Waals surface area contributed by atoms with E-state index in [0.717, 1.165) is 0 Å². The fraction of sp³-hybridized carbons (Fsp3) is 0.167. The Kier molecular flexibility index (Phi) is 2.10. The Morgan fingerprint density at radius 3 is 2.83 bits per heavy atom. The van der Waals surface area contributed by atoms with Crippen molar-refractivity contribution >= 4 is 20.7 Å². The maximum absolute atomic E-state index is 12.1. The van der Waals surface area contributed by atoms with E-state index >= 15 is 0 Å². The van der Waals surface area contributed by atoms with Crippen molar-refractivity contribution in [1.29, 1.82) is 5.26 Å². The van der Waals surface area contributed by atoms with E-state index in [2.05, 4.69) is 4.98 Å². The molecule has 0 unspecified atom stereocenters. The minimum absolute atomic E-state index is 0.000183. The van der Waals surface area contributed by atoms with E-state index in [1.807, 2.05) is 0 Å². The molecule has 0 atom stereocenters. The zero-order chi connectivity index (χ0) is 12.9. The molecule has 1 aliphatic rings. The summed E-state index contributed by atoms with van der Waals surface area (Å²) in [7, 11) is -3.27. The minimum Gasteiger partial charge on any atom is -0.360 e. The van der Waals surface area contributed by atoms with E-state index in [9.17, 15) is 13.2 Å². The molecule has 1 aromatic carbocycles. The first-order valence-corrected chi connectivity index (χ1v) is 7.00. The summed E-state index contributed by atoms with van der Waals surface area (Å²) in [5.74, 6) is 0.0255. The Labute approximate surface area is 103 Å². The second kappa shape index (κ2) is 3.43. The van der Waals surface area contributed by atoms with Gasteiger partial charge in [-0.2, -0.15) is 5.26 Å². The van der Waals surface area contributed by atoms with Crippen LogP contribution in [0.5, 0.6) is 0 Å². The first kappa shape index (κ1) is 11.0. The highest BCUT2D eigenvalue weighted by Gasteiger charge is 2.28. The lowest BCUT2D eigenvalue weighted by Gasteiger charge is -2.03. The van der Waals surface area contributed by atoms with Gasteiger partial charge in [0.2, 0.25) is 5.43 Å². The molecule has 0 aliphatic carbocycles. The second-order valence-corrected chi connectivity index (χ2v) is 6.25. The third-order valence-electron chi connectivity index (χ3n) is 3.19. The number of fused-ring (bicyclic) bond motifs is 3. The first-order chi connectivity index (χ1) is 8.54. The van der Waals surface area contributed by atoms with Crippen LogP contribution in [0.1, 0.15) is 11.1 Å². The molecule has 0 amide bonds. The molecule has 18 heavy (non-hydrogen) atoms. The van der Waals surface area contributed by atoms with Crippen LogP contribution in [-0.2, 0) is 16.3 Å². The standard InChI is InChI=1S/C12H8N2O3S/c13-5-7-6-14-9-1-2-10-8(11(9)12(7)15)3-4-18(10,16)17/h1-2,6H,3-4H2,(H,14,15). The van der Waals surface area contributed by atoms with E-state index in [1.54, 1.807) is 12.1 Å². The number of benzene rings is 1. The number of aromatic nitrogens is 1. The minimum atomic E-state index is -3.27. The number of aromatic amines is 1. The van der Waals surface area contributed by atoms with Crippen LogP contribution in [0.25, 0.3) is 10.9 Å². The number of hydrogen-bond acceptors (Lipinski definition) is 4. The Balaban J connectivity index is 2.55. The lowest BCUT2D eigenvalue weighted by Crippen LogP contribution is -2.09. The summed E-state index contributed by atoms with van der Waals surface area (Å²) in [6.45, 7) is 0. The average Bonchev–Trinajstić information content (AvgIpc) is 2.66. The predicted octanol–water partition coefficient (Wildman–Crippen LogP) is 0.730. The van der Waals surface area contributed by atoms with Gasteiger partial charge in [-0.25, -0.2) is 8.42 Å². The highest BCUT2D eigenvalue weighted by atomic mass is 32.2. The number of H-pyrrole nitrogens is 1. The molecular weight excluding hydrogens is 252 g/mol. The van der Waals surface area contributed by atoms with Crippen molar-refractivity contribution in [3.63, 3.8) is 0 Å². The summed E-state index contributed by atoms with van der Waals surface area (Å²) in [5, 5.41) is 9.17. The quantitative estimate of drug-likeness (QED) is 0.756. The molecule has 0 spiro atoms. The molecule has 3 rings (SSSR count). The maximum atomic E-state index is 12.1. The van der Waals surface area contributed by atoms with Crippen LogP contribution in [0.3, 0.4) is 0 Å². The summed E-state index contributed by atoms with van der Waals surface area (Å²) in [4.78, 5) is 15.2. The van der Waals surface area contributed by atoms with Crippen molar-refractivity contribution in [2.45, 2.75) is 11.3 Å². The number of nitrogens with zero attached hydrogens (tertiary/aromatic N) is 1. The van der Waals surface area contributed by atoms with Gasteiger partial charge in [-0.3, -0.25) is 4.79 Å². The predicted molar refractivity (Wildman–Crippen MR) is 65.0 cm³/mol. The van der Waals surface area contributed by atoms with Crippen molar-refractivity contribution in [3.05, 3.63) is 39.7 Å². The third-order valence-corrected chi connectivity index (χ3v) is 4.98.